The molecule has 0 aliphatic carbocycles. The lowest BCUT2D eigenvalue weighted by atomic mass is 9.66. The Bertz CT molecular complexity index is 1230. The number of benzene rings is 1. The standard InChI is InChI=1S/C34H50O11/c1-19(12-13-26(40-8)24-10-9-11-25(14-24)41-23(5)36)31-21(3)28-17-34(44-31)32(6,7)16-20(2)33(39,45-34)18-30(38)42-27(22(4)35)15-29(37)43-28/h9-11,14,19-22,26-28,31,35,39H,12-13,15-18H2,1-8H3. The third-order valence-electron chi connectivity index (χ3n) is 9.95. The number of fused-ring (bicyclic) bond motifs is 2. The van der Waals surface area contributed by atoms with Crippen LogP contribution in [0, 0.1) is 23.2 Å². The molecule has 11 heteroatoms. The lowest BCUT2D eigenvalue weighted by Crippen LogP contribution is -2.68. The molecule has 45 heavy (non-hydrogen) atoms. The number of carbonyl (C=O) groups is 3. The molecule has 11 nitrogen and oxygen atoms in total. The number of carbonyl (C=O) groups excluding carboxylic acids is 3. The van der Waals surface area contributed by atoms with Gasteiger partial charge in [-0.1, -0.05) is 46.8 Å². The van der Waals surface area contributed by atoms with Crippen LogP contribution in [0.5, 0.6) is 5.75 Å². The van der Waals surface area contributed by atoms with Crippen molar-refractivity contribution >= 4 is 17.9 Å². The summed E-state index contributed by atoms with van der Waals surface area (Å²) in [6.07, 6.45) is -2.46. The van der Waals surface area contributed by atoms with Crippen molar-refractivity contribution in [3.63, 3.8) is 0 Å². The van der Waals surface area contributed by atoms with Crippen molar-refractivity contribution in [3.05, 3.63) is 29.8 Å². The minimum atomic E-state index is -1.90. The summed E-state index contributed by atoms with van der Waals surface area (Å²) in [5.74, 6) is -5.36. The first kappa shape index (κ1) is 35.3. The number of hydrogen-bond acceptors (Lipinski definition) is 11. The highest BCUT2D eigenvalue weighted by molar-refractivity contribution is 5.73. The molecule has 3 bridgehead atoms. The number of cyclic esters (lactones) is 1. The molecule has 3 aliphatic rings. The first-order chi connectivity index (χ1) is 21.0. The molecule has 1 spiro atoms. The molecule has 10 unspecified atom stereocenters. The van der Waals surface area contributed by atoms with Crippen LogP contribution in [0.2, 0.25) is 0 Å². The van der Waals surface area contributed by atoms with Gasteiger partial charge in [-0.25, -0.2) is 0 Å². The zero-order valence-electron chi connectivity index (χ0n) is 27.7. The quantitative estimate of drug-likeness (QED) is 0.305. The first-order valence-corrected chi connectivity index (χ1v) is 16.0. The van der Waals surface area contributed by atoms with E-state index in [0.717, 1.165) is 5.56 Å². The van der Waals surface area contributed by atoms with Crippen molar-refractivity contribution < 1.29 is 53.0 Å². The van der Waals surface area contributed by atoms with Crippen molar-refractivity contribution in [2.75, 3.05) is 7.11 Å². The summed E-state index contributed by atoms with van der Waals surface area (Å²) >= 11 is 0. The second kappa shape index (κ2) is 13.7. The van der Waals surface area contributed by atoms with Crippen molar-refractivity contribution in [1.82, 2.24) is 0 Å². The SMILES string of the molecule is COC(CCC(C)C1OC23CC(OC(=O)CC(C(C)O)OC(=O)CC(O)(O2)C(C)CC3(C)C)C1C)c1cccc(OC(C)=O)c1. The minimum Gasteiger partial charge on any atom is -0.462 e. The molecule has 0 radical (unpaired) electrons. The predicted molar refractivity (Wildman–Crippen MR) is 162 cm³/mol. The highest BCUT2D eigenvalue weighted by Crippen LogP contribution is 2.57. The highest BCUT2D eigenvalue weighted by Gasteiger charge is 2.64. The minimum absolute atomic E-state index is 0.0670. The van der Waals surface area contributed by atoms with E-state index in [1.54, 1.807) is 19.2 Å². The van der Waals surface area contributed by atoms with Crippen LogP contribution in [0.25, 0.3) is 0 Å². The van der Waals surface area contributed by atoms with Crippen molar-refractivity contribution in [2.24, 2.45) is 23.2 Å². The molecule has 3 fully saturated rings. The molecular weight excluding hydrogens is 584 g/mol. The third kappa shape index (κ3) is 7.71. The number of aliphatic hydroxyl groups excluding tert-OH is 1. The molecule has 3 saturated heterocycles. The lowest BCUT2D eigenvalue weighted by Gasteiger charge is -2.61. The second-order valence-corrected chi connectivity index (χ2v) is 14.0. The van der Waals surface area contributed by atoms with Crippen LogP contribution in [-0.4, -0.2) is 71.2 Å². The Morgan fingerprint density at radius 2 is 1.80 bits per heavy atom. The van der Waals surface area contributed by atoms with Crippen LogP contribution < -0.4 is 4.74 Å². The van der Waals surface area contributed by atoms with E-state index < -0.39 is 71.7 Å². The average Bonchev–Trinajstić information content (AvgIpc) is 2.92. The van der Waals surface area contributed by atoms with Crippen molar-refractivity contribution in [3.8, 4) is 5.75 Å². The average molecular weight is 635 g/mol. The zero-order valence-corrected chi connectivity index (χ0v) is 27.7. The van der Waals surface area contributed by atoms with Gasteiger partial charge in [0.05, 0.1) is 31.2 Å². The summed E-state index contributed by atoms with van der Waals surface area (Å²) < 4.78 is 36.0. The maximum atomic E-state index is 13.2. The first-order valence-electron chi connectivity index (χ1n) is 16.0. The number of methoxy groups -OCH3 is 1. The second-order valence-electron chi connectivity index (χ2n) is 14.0. The van der Waals surface area contributed by atoms with Crippen molar-refractivity contribution in [2.45, 2.75) is 129 Å². The van der Waals surface area contributed by atoms with Crippen LogP contribution in [0.4, 0.5) is 0 Å². The van der Waals surface area contributed by atoms with Gasteiger partial charge in [0.25, 0.3) is 0 Å². The molecule has 0 saturated carbocycles. The normalized spacial score (nSPS) is 35.5. The molecule has 1 aromatic rings. The number of hydrogen-bond donors (Lipinski definition) is 2. The maximum Gasteiger partial charge on any atom is 0.311 e. The smallest absolute Gasteiger partial charge is 0.311 e. The number of esters is 3. The summed E-state index contributed by atoms with van der Waals surface area (Å²) in [6, 6.07) is 7.25. The van der Waals surface area contributed by atoms with E-state index in [9.17, 15) is 24.6 Å². The third-order valence-corrected chi connectivity index (χ3v) is 9.95. The van der Waals surface area contributed by atoms with Crippen LogP contribution in [-0.2, 0) is 38.1 Å². The van der Waals surface area contributed by atoms with Gasteiger partial charge < -0.3 is 38.6 Å². The monoisotopic (exact) mass is 634 g/mol. The number of rotatable bonds is 8. The van der Waals surface area contributed by atoms with E-state index in [1.807, 2.05) is 39.8 Å². The largest absolute Gasteiger partial charge is 0.462 e. The maximum absolute atomic E-state index is 13.2. The summed E-state index contributed by atoms with van der Waals surface area (Å²) in [6.45, 7) is 12.7. The molecule has 3 heterocycles. The highest BCUT2D eigenvalue weighted by atomic mass is 16.8. The summed E-state index contributed by atoms with van der Waals surface area (Å²) in [5, 5.41) is 22.1. The Balaban J connectivity index is 1.64. The van der Waals surface area contributed by atoms with Gasteiger partial charge in [-0.2, -0.15) is 0 Å². The summed E-state index contributed by atoms with van der Waals surface area (Å²) in [4.78, 5) is 37.7. The lowest BCUT2D eigenvalue weighted by molar-refractivity contribution is -0.452. The van der Waals surface area contributed by atoms with E-state index in [4.69, 9.17) is 28.4 Å². The molecule has 4 rings (SSSR count). The van der Waals surface area contributed by atoms with Crippen LogP contribution in [0.1, 0.15) is 98.7 Å². The van der Waals surface area contributed by atoms with Gasteiger partial charge >= 0.3 is 17.9 Å². The molecular formula is C34H50O11. The molecule has 0 aromatic heterocycles. The van der Waals surface area contributed by atoms with Gasteiger partial charge in [0.2, 0.25) is 0 Å². The van der Waals surface area contributed by atoms with Crippen LogP contribution in [0.15, 0.2) is 24.3 Å². The molecule has 10 atom stereocenters. The molecule has 0 amide bonds. The van der Waals surface area contributed by atoms with Gasteiger partial charge in [0.15, 0.2) is 11.6 Å². The van der Waals surface area contributed by atoms with Crippen molar-refractivity contribution in [1.29, 1.82) is 0 Å². The Hall–Kier alpha value is -2.57. The van der Waals surface area contributed by atoms with Gasteiger partial charge in [0, 0.05) is 37.7 Å². The van der Waals surface area contributed by atoms with Gasteiger partial charge in [-0.15, -0.1) is 0 Å². The molecule has 2 N–H and O–H groups in total. The Labute approximate surface area is 265 Å². The fraction of sp³-hybridized carbons (Fsp3) is 0.735. The van der Waals surface area contributed by atoms with E-state index >= 15 is 0 Å². The summed E-state index contributed by atoms with van der Waals surface area (Å²) in [7, 11) is 1.63. The number of aliphatic hydroxyl groups is 2. The molecule has 3 aliphatic heterocycles. The van der Waals surface area contributed by atoms with Gasteiger partial charge in [-0.05, 0) is 49.8 Å². The fourth-order valence-corrected chi connectivity index (χ4v) is 7.19. The van der Waals surface area contributed by atoms with Crippen LogP contribution >= 0.6 is 0 Å². The van der Waals surface area contributed by atoms with E-state index in [-0.39, 0.29) is 30.8 Å². The fourth-order valence-electron chi connectivity index (χ4n) is 7.19. The van der Waals surface area contributed by atoms with Crippen LogP contribution in [0.3, 0.4) is 0 Å². The Morgan fingerprint density at radius 1 is 1.09 bits per heavy atom. The van der Waals surface area contributed by atoms with E-state index in [0.29, 0.717) is 25.0 Å². The molecule has 1 aromatic carbocycles. The predicted octanol–water partition coefficient (Wildman–Crippen LogP) is 4.61. The van der Waals surface area contributed by atoms with E-state index in [1.165, 1.54) is 13.8 Å². The molecule has 252 valence electrons. The Morgan fingerprint density at radius 3 is 2.44 bits per heavy atom. The van der Waals surface area contributed by atoms with Gasteiger partial charge in [-0.3, -0.25) is 14.4 Å². The number of ether oxygens (including phenoxy) is 6. The Kier molecular flexibility index (Phi) is 10.7. The zero-order chi connectivity index (χ0) is 33.3. The summed E-state index contributed by atoms with van der Waals surface area (Å²) in [5.41, 5.74) is 0.248. The van der Waals surface area contributed by atoms with E-state index in [2.05, 4.69) is 6.92 Å². The topological polar surface area (TPSA) is 147 Å². The van der Waals surface area contributed by atoms with Gasteiger partial charge in [0.1, 0.15) is 18.0 Å².